The molecule has 1 aromatic rings. The highest BCUT2D eigenvalue weighted by molar-refractivity contribution is 6.30. The van der Waals surface area contributed by atoms with Gasteiger partial charge in [-0.15, -0.1) is 0 Å². The van der Waals surface area contributed by atoms with Gasteiger partial charge in [-0.05, 0) is 23.6 Å². The smallest absolute Gasteiger partial charge is 0.240 e. The number of nitrogens with one attached hydrogen (secondary N) is 1. The molecule has 0 bridgehead atoms. The van der Waals surface area contributed by atoms with Crippen LogP contribution in [-0.4, -0.2) is 12.1 Å². The number of hydrogen-bond donors (Lipinski definition) is 1. The zero-order valence-corrected chi connectivity index (χ0v) is 10.2. The van der Waals surface area contributed by atoms with Crippen molar-refractivity contribution in [1.82, 2.24) is 5.43 Å². The Morgan fingerprint density at radius 3 is 2.62 bits per heavy atom. The molecule has 0 atom stereocenters. The fourth-order valence-corrected chi connectivity index (χ4v) is 1.27. The second-order valence-electron chi connectivity index (χ2n) is 3.94. The molecule has 0 saturated heterocycles. The third kappa shape index (κ3) is 4.94. The van der Waals surface area contributed by atoms with Gasteiger partial charge in [0.05, 0.1) is 6.21 Å². The summed E-state index contributed by atoms with van der Waals surface area (Å²) in [4.78, 5) is 11.3. The molecule has 86 valence electrons. The Hall–Kier alpha value is -1.35. The van der Waals surface area contributed by atoms with Crippen LogP contribution in [0.1, 0.15) is 25.8 Å². The number of halogens is 1. The van der Waals surface area contributed by atoms with Crippen molar-refractivity contribution >= 4 is 23.7 Å². The molecule has 0 unspecified atom stereocenters. The first kappa shape index (κ1) is 12.7. The summed E-state index contributed by atoms with van der Waals surface area (Å²) >= 11 is 5.74. The van der Waals surface area contributed by atoms with Crippen molar-refractivity contribution in [3.8, 4) is 0 Å². The van der Waals surface area contributed by atoms with Crippen molar-refractivity contribution in [2.45, 2.75) is 20.3 Å². The van der Waals surface area contributed by atoms with E-state index < -0.39 is 0 Å². The fraction of sp³-hybridized carbons (Fsp3) is 0.333. The normalized spacial score (nSPS) is 11.0. The van der Waals surface area contributed by atoms with Crippen molar-refractivity contribution in [2.24, 2.45) is 11.0 Å². The number of amides is 1. The highest BCUT2D eigenvalue weighted by Crippen LogP contribution is 2.07. The maximum absolute atomic E-state index is 11.3. The third-order valence-corrected chi connectivity index (χ3v) is 2.12. The predicted octanol–water partition coefficient (Wildman–Crippen LogP) is 2.84. The maximum Gasteiger partial charge on any atom is 0.240 e. The molecule has 16 heavy (non-hydrogen) atoms. The number of hydrogen-bond acceptors (Lipinski definition) is 2. The molecule has 0 aromatic heterocycles. The van der Waals surface area contributed by atoms with Crippen molar-refractivity contribution in [3.05, 3.63) is 34.9 Å². The average Bonchev–Trinajstić information content (AvgIpc) is 2.20. The first-order chi connectivity index (χ1) is 7.58. The molecule has 0 fully saturated rings. The van der Waals surface area contributed by atoms with Crippen LogP contribution >= 0.6 is 11.6 Å². The van der Waals surface area contributed by atoms with Gasteiger partial charge in [0, 0.05) is 11.4 Å². The fourth-order valence-electron chi connectivity index (χ4n) is 1.14. The third-order valence-electron chi connectivity index (χ3n) is 1.87. The van der Waals surface area contributed by atoms with Crippen LogP contribution < -0.4 is 5.43 Å². The highest BCUT2D eigenvalue weighted by Gasteiger charge is 2.01. The number of rotatable bonds is 4. The minimum absolute atomic E-state index is 0.0692. The van der Waals surface area contributed by atoms with Crippen LogP contribution in [0.5, 0.6) is 0 Å². The average molecular weight is 239 g/mol. The second kappa shape index (κ2) is 6.28. The van der Waals surface area contributed by atoms with Crippen molar-refractivity contribution < 1.29 is 4.79 Å². The minimum Gasteiger partial charge on any atom is -0.273 e. The molecule has 1 aromatic carbocycles. The highest BCUT2D eigenvalue weighted by atomic mass is 35.5. The summed E-state index contributed by atoms with van der Waals surface area (Å²) in [7, 11) is 0. The van der Waals surface area contributed by atoms with Crippen molar-refractivity contribution in [3.63, 3.8) is 0 Å². The molecule has 1 rings (SSSR count). The van der Waals surface area contributed by atoms with Gasteiger partial charge < -0.3 is 0 Å². The van der Waals surface area contributed by atoms with Gasteiger partial charge in [0.25, 0.3) is 0 Å². The molecule has 4 heteroatoms. The molecule has 0 saturated carbocycles. The van der Waals surface area contributed by atoms with Gasteiger partial charge in [-0.1, -0.05) is 37.6 Å². The van der Waals surface area contributed by atoms with E-state index in [-0.39, 0.29) is 5.91 Å². The quantitative estimate of drug-likeness (QED) is 0.636. The zero-order valence-electron chi connectivity index (χ0n) is 9.40. The molecule has 0 aliphatic rings. The lowest BCUT2D eigenvalue weighted by Gasteiger charge is -2.01. The summed E-state index contributed by atoms with van der Waals surface area (Å²) in [6.07, 6.45) is 2.08. The lowest BCUT2D eigenvalue weighted by Crippen LogP contribution is -2.19. The van der Waals surface area contributed by atoms with Crippen LogP contribution in [0, 0.1) is 5.92 Å². The Morgan fingerprint density at radius 2 is 2.06 bits per heavy atom. The predicted molar refractivity (Wildman–Crippen MR) is 66.6 cm³/mol. The molecule has 0 aliphatic carbocycles. The summed E-state index contributed by atoms with van der Waals surface area (Å²) in [5.41, 5.74) is 3.37. The summed E-state index contributed by atoms with van der Waals surface area (Å²) in [5.74, 6) is 0.269. The number of benzene rings is 1. The number of hydrazone groups is 1. The van der Waals surface area contributed by atoms with Crippen LogP contribution in [0.4, 0.5) is 0 Å². The van der Waals surface area contributed by atoms with E-state index in [4.69, 9.17) is 11.6 Å². The van der Waals surface area contributed by atoms with Crippen LogP contribution in [0.15, 0.2) is 29.4 Å². The van der Waals surface area contributed by atoms with Gasteiger partial charge in [-0.2, -0.15) is 5.10 Å². The van der Waals surface area contributed by atoms with Crippen LogP contribution in [-0.2, 0) is 4.79 Å². The Balaban J connectivity index is 2.43. The second-order valence-corrected chi connectivity index (χ2v) is 4.38. The molecule has 1 amide bonds. The van der Waals surface area contributed by atoms with E-state index in [1.807, 2.05) is 26.0 Å². The van der Waals surface area contributed by atoms with E-state index >= 15 is 0 Å². The van der Waals surface area contributed by atoms with Gasteiger partial charge in [0.2, 0.25) is 5.91 Å². The summed E-state index contributed by atoms with van der Waals surface area (Å²) < 4.78 is 0. The molecule has 3 nitrogen and oxygen atoms in total. The molecular formula is C12H15ClN2O. The maximum atomic E-state index is 11.3. The Kier molecular flexibility index (Phi) is 4.99. The number of nitrogens with zero attached hydrogens (tertiary/aromatic N) is 1. The molecule has 0 radical (unpaired) electrons. The Morgan fingerprint density at radius 1 is 1.44 bits per heavy atom. The van der Waals surface area contributed by atoms with Crippen molar-refractivity contribution in [2.75, 3.05) is 0 Å². The lowest BCUT2D eigenvalue weighted by atomic mass is 10.1. The molecule has 0 heterocycles. The Labute approximate surface area is 101 Å². The Bertz CT molecular complexity index is 371. The molecule has 1 N–H and O–H groups in total. The summed E-state index contributed by atoms with van der Waals surface area (Å²) in [6.45, 7) is 3.98. The molecule has 0 spiro atoms. The first-order valence-electron chi connectivity index (χ1n) is 5.15. The summed E-state index contributed by atoms with van der Waals surface area (Å²) in [6, 6.07) is 7.22. The van der Waals surface area contributed by atoms with E-state index in [0.29, 0.717) is 17.4 Å². The lowest BCUT2D eigenvalue weighted by molar-refractivity contribution is -0.121. The SMILES string of the molecule is CC(C)CC(=O)N/N=C/c1ccc(Cl)cc1. The minimum atomic E-state index is -0.0692. The molecule has 0 aliphatic heterocycles. The largest absolute Gasteiger partial charge is 0.273 e. The van der Waals surface area contributed by atoms with Crippen LogP contribution in [0.3, 0.4) is 0 Å². The van der Waals surface area contributed by atoms with Crippen LogP contribution in [0.25, 0.3) is 0 Å². The van der Waals surface area contributed by atoms with Gasteiger partial charge in [0.15, 0.2) is 0 Å². The van der Waals surface area contributed by atoms with E-state index in [9.17, 15) is 4.79 Å². The van der Waals surface area contributed by atoms with E-state index in [0.717, 1.165) is 5.56 Å². The van der Waals surface area contributed by atoms with Crippen LogP contribution in [0.2, 0.25) is 5.02 Å². The molecular weight excluding hydrogens is 224 g/mol. The van der Waals surface area contributed by atoms with E-state index in [2.05, 4.69) is 10.5 Å². The van der Waals surface area contributed by atoms with E-state index in [1.165, 1.54) is 0 Å². The van der Waals surface area contributed by atoms with Gasteiger partial charge >= 0.3 is 0 Å². The number of carbonyl (C=O) groups excluding carboxylic acids is 1. The van der Waals surface area contributed by atoms with Gasteiger partial charge in [0.1, 0.15) is 0 Å². The first-order valence-corrected chi connectivity index (χ1v) is 5.53. The van der Waals surface area contributed by atoms with E-state index in [1.54, 1.807) is 18.3 Å². The summed E-state index contributed by atoms with van der Waals surface area (Å²) in [5, 5.41) is 4.54. The van der Waals surface area contributed by atoms with Gasteiger partial charge in [-0.25, -0.2) is 5.43 Å². The zero-order chi connectivity index (χ0) is 12.0. The van der Waals surface area contributed by atoms with Gasteiger partial charge in [-0.3, -0.25) is 4.79 Å². The monoisotopic (exact) mass is 238 g/mol. The topological polar surface area (TPSA) is 41.5 Å². The van der Waals surface area contributed by atoms with Crippen molar-refractivity contribution in [1.29, 1.82) is 0 Å². The standard InChI is InChI=1S/C12H15ClN2O/c1-9(2)7-12(16)15-14-8-10-3-5-11(13)6-4-10/h3-6,8-9H,7H2,1-2H3,(H,15,16)/b14-8+. The number of carbonyl (C=O) groups is 1.